The topological polar surface area (TPSA) is 69.6 Å². The molecule has 44 heavy (non-hydrogen) atoms. The number of amides is 2. The lowest BCUT2D eigenvalue weighted by Gasteiger charge is -2.61. The Morgan fingerprint density at radius 3 is 2.27 bits per heavy atom. The lowest BCUT2D eigenvalue weighted by atomic mass is 9.51. The highest BCUT2D eigenvalue weighted by molar-refractivity contribution is 14.1. The van der Waals surface area contributed by atoms with Gasteiger partial charge in [0.25, 0.3) is 0 Å². The number of piperidine rings is 1. The maximum absolute atomic E-state index is 15.1. The van der Waals surface area contributed by atoms with Crippen LogP contribution in [0.25, 0.3) is 0 Å². The molecule has 0 aromatic carbocycles. The molecule has 2 amide bonds. The van der Waals surface area contributed by atoms with Crippen LogP contribution >= 0.6 is 22.6 Å². The highest BCUT2D eigenvalue weighted by Gasteiger charge is 2.64. The van der Waals surface area contributed by atoms with Crippen LogP contribution in [-0.2, 0) is 9.59 Å². The Kier molecular flexibility index (Phi) is 10.3. The van der Waals surface area contributed by atoms with E-state index in [1.807, 2.05) is 4.90 Å². The lowest BCUT2D eigenvalue weighted by Crippen LogP contribution is -2.70. The van der Waals surface area contributed by atoms with E-state index in [-0.39, 0.29) is 61.1 Å². The van der Waals surface area contributed by atoms with Gasteiger partial charge in [0.2, 0.25) is 11.8 Å². The third-order valence-corrected chi connectivity index (χ3v) is 13.9. The molecule has 2 N–H and O–H groups in total. The number of hydrogen-bond donors (Lipinski definition) is 2. The third-order valence-electron chi connectivity index (χ3n) is 12.6. The van der Waals surface area contributed by atoms with Gasteiger partial charge in [-0.1, -0.05) is 31.3 Å². The summed E-state index contributed by atoms with van der Waals surface area (Å²) in [5, 5.41) is 13.4. The number of aliphatic hydroxyl groups is 1. The summed E-state index contributed by atoms with van der Waals surface area (Å²) >= 11 is 2.48. The van der Waals surface area contributed by atoms with Gasteiger partial charge in [-0.15, -0.1) is 0 Å². The fourth-order valence-electron chi connectivity index (χ4n) is 10.2. The first-order chi connectivity index (χ1) is 21.1. The molecule has 6 rings (SSSR count). The van der Waals surface area contributed by atoms with Gasteiger partial charge in [0.1, 0.15) is 0 Å². The Balaban J connectivity index is 1.48. The lowest BCUT2D eigenvalue weighted by molar-refractivity contribution is -0.205. The molecule has 0 aromatic heterocycles. The van der Waals surface area contributed by atoms with Crippen LogP contribution in [0.4, 0.5) is 13.2 Å². The number of alkyl halides is 3. The van der Waals surface area contributed by atoms with E-state index in [9.17, 15) is 23.1 Å². The van der Waals surface area contributed by atoms with E-state index in [0.29, 0.717) is 19.3 Å². The van der Waals surface area contributed by atoms with Crippen LogP contribution in [0, 0.1) is 40.9 Å². The van der Waals surface area contributed by atoms with Crippen molar-refractivity contribution in [1.29, 1.82) is 0 Å². The molecule has 5 nitrogen and oxygen atoms in total. The van der Waals surface area contributed by atoms with Crippen molar-refractivity contribution < 1.29 is 27.9 Å². The van der Waals surface area contributed by atoms with Crippen molar-refractivity contribution in [2.75, 3.05) is 13.2 Å². The van der Waals surface area contributed by atoms with Crippen LogP contribution in [0.2, 0.25) is 0 Å². The standard InChI is InChI=1S/C35H52F3IN2O3/c36-35(37,38)28-10-4-1-8-25(28)20-41-31(23-15-13-22(21-42)14-16-23)34(33(44)40-26-17-18-26,19-24-7-2-6-12-30(24)39)29-11-5-3-9-27(29)32(41)43/h22-23,25-29,31,42H,1-21H2,(H,40,44)/t22?,23?,25?,27?,28?,29?,31-,34-/m0/s1. The van der Waals surface area contributed by atoms with E-state index in [1.165, 1.54) is 9.15 Å². The van der Waals surface area contributed by atoms with E-state index >= 15 is 4.79 Å². The molecule has 248 valence electrons. The van der Waals surface area contributed by atoms with Crippen molar-refractivity contribution in [3.05, 3.63) is 9.15 Å². The van der Waals surface area contributed by atoms with Gasteiger partial charge in [0.15, 0.2) is 0 Å². The number of fused-ring (bicyclic) bond motifs is 1. The highest BCUT2D eigenvalue weighted by Crippen LogP contribution is 2.59. The molecule has 0 radical (unpaired) electrons. The number of halogens is 4. The Labute approximate surface area is 275 Å². The van der Waals surface area contributed by atoms with Crippen LogP contribution in [0.1, 0.15) is 122 Å². The monoisotopic (exact) mass is 732 g/mol. The maximum Gasteiger partial charge on any atom is 0.392 e. The summed E-state index contributed by atoms with van der Waals surface area (Å²) in [6.45, 7) is 0.254. The van der Waals surface area contributed by atoms with Gasteiger partial charge in [-0.05, 0) is 146 Å². The summed E-state index contributed by atoms with van der Waals surface area (Å²) in [7, 11) is 0. The van der Waals surface area contributed by atoms with Crippen molar-refractivity contribution in [3.63, 3.8) is 0 Å². The van der Waals surface area contributed by atoms with Crippen LogP contribution in [0.3, 0.4) is 0 Å². The van der Waals surface area contributed by atoms with Gasteiger partial charge in [-0.25, -0.2) is 0 Å². The van der Waals surface area contributed by atoms with Gasteiger partial charge < -0.3 is 15.3 Å². The average molecular weight is 733 g/mol. The normalized spacial score (nSPS) is 38.8. The number of hydrogen-bond acceptors (Lipinski definition) is 3. The molecule has 9 heteroatoms. The highest BCUT2D eigenvalue weighted by atomic mass is 127. The molecule has 6 atom stereocenters. The number of rotatable bonds is 8. The molecule has 5 fully saturated rings. The number of aliphatic hydroxyl groups excluding tert-OH is 1. The smallest absolute Gasteiger partial charge is 0.392 e. The second-order valence-electron chi connectivity index (χ2n) is 15.3. The van der Waals surface area contributed by atoms with Crippen molar-refractivity contribution in [3.8, 4) is 0 Å². The van der Waals surface area contributed by atoms with Gasteiger partial charge in [0, 0.05) is 31.2 Å². The summed E-state index contributed by atoms with van der Waals surface area (Å²) in [6.07, 6.45) is 11.2. The predicted octanol–water partition coefficient (Wildman–Crippen LogP) is 8.09. The third kappa shape index (κ3) is 6.62. The molecule has 4 unspecified atom stereocenters. The quantitative estimate of drug-likeness (QED) is 0.248. The summed E-state index contributed by atoms with van der Waals surface area (Å²) < 4.78 is 44.6. The minimum absolute atomic E-state index is 0.0256. The van der Waals surface area contributed by atoms with Crippen molar-refractivity contribution in [2.45, 2.75) is 140 Å². The molecule has 4 saturated carbocycles. The molecule has 5 aliphatic carbocycles. The summed E-state index contributed by atoms with van der Waals surface area (Å²) in [6, 6.07) is -0.229. The summed E-state index contributed by atoms with van der Waals surface area (Å²) in [5.41, 5.74) is 0.519. The molecule has 0 bridgehead atoms. The molecule has 1 heterocycles. The van der Waals surface area contributed by atoms with Gasteiger partial charge in [-0.3, -0.25) is 9.59 Å². The zero-order valence-corrected chi connectivity index (χ0v) is 28.3. The first kappa shape index (κ1) is 33.1. The van der Waals surface area contributed by atoms with Gasteiger partial charge >= 0.3 is 6.18 Å². The first-order valence-corrected chi connectivity index (χ1v) is 18.9. The first-order valence-electron chi connectivity index (χ1n) is 17.8. The van der Waals surface area contributed by atoms with Crippen molar-refractivity contribution >= 4 is 34.4 Å². The molecule has 1 saturated heterocycles. The predicted molar refractivity (Wildman–Crippen MR) is 173 cm³/mol. The molecular weight excluding hydrogens is 680 g/mol. The zero-order valence-electron chi connectivity index (χ0n) is 26.2. The second-order valence-corrected chi connectivity index (χ2v) is 16.6. The molecule has 0 spiro atoms. The van der Waals surface area contributed by atoms with Crippen LogP contribution in [-0.4, -0.2) is 53.2 Å². The zero-order chi connectivity index (χ0) is 31.1. The Morgan fingerprint density at radius 1 is 0.909 bits per heavy atom. The number of nitrogens with one attached hydrogen (secondary N) is 1. The largest absolute Gasteiger partial charge is 0.396 e. The van der Waals surface area contributed by atoms with Crippen LogP contribution < -0.4 is 5.32 Å². The maximum atomic E-state index is 15.1. The number of allylic oxidation sites excluding steroid dienone is 2. The second kappa shape index (κ2) is 13.7. The van der Waals surface area contributed by atoms with Gasteiger partial charge in [0.05, 0.1) is 11.3 Å². The van der Waals surface area contributed by atoms with Crippen molar-refractivity contribution in [2.24, 2.45) is 40.9 Å². The molecule has 6 aliphatic rings. The number of nitrogens with zero attached hydrogens (tertiary/aromatic N) is 1. The minimum atomic E-state index is -4.28. The molecule has 1 aliphatic heterocycles. The van der Waals surface area contributed by atoms with Crippen molar-refractivity contribution in [1.82, 2.24) is 10.2 Å². The fraction of sp³-hybridized carbons (Fsp3) is 0.886. The SMILES string of the molecule is O=C1C2CCCCC2[C@](CC2=C(I)CCCC2)(C(=O)NC2CC2)[C@H](C2CCC(CO)CC2)N1CC1CCCCC1C(F)(F)F. The van der Waals surface area contributed by atoms with Crippen LogP contribution in [0.5, 0.6) is 0 Å². The number of carbonyl (C=O) groups excluding carboxylic acids is 2. The van der Waals surface area contributed by atoms with E-state index in [4.69, 9.17) is 0 Å². The summed E-state index contributed by atoms with van der Waals surface area (Å²) in [5.74, 6) is -2.04. The average Bonchev–Trinajstić information content (AvgIpc) is 3.84. The summed E-state index contributed by atoms with van der Waals surface area (Å²) in [4.78, 5) is 31.7. The van der Waals surface area contributed by atoms with E-state index in [2.05, 4.69) is 27.9 Å². The minimum Gasteiger partial charge on any atom is -0.396 e. The van der Waals surface area contributed by atoms with Gasteiger partial charge in [-0.2, -0.15) is 13.2 Å². The Morgan fingerprint density at radius 2 is 1.59 bits per heavy atom. The number of carbonyl (C=O) groups is 2. The number of likely N-dealkylation sites (tertiary alicyclic amines) is 1. The molecule has 0 aromatic rings. The van der Waals surface area contributed by atoms with E-state index in [1.54, 1.807) is 0 Å². The van der Waals surface area contributed by atoms with E-state index in [0.717, 1.165) is 96.3 Å². The Bertz CT molecular complexity index is 1090. The van der Waals surface area contributed by atoms with Crippen LogP contribution in [0.15, 0.2) is 9.15 Å². The Hall–Kier alpha value is -0.840. The fourth-order valence-corrected chi connectivity index (χ4v) is 11.0. The molecular formula is C35H52F3IN2O3. The van der Waals surface area contributed by atoms with E-state index < -0.39 is 29.5 Å².